The first kappa shape index (κ1) is 33.2. The smallest absolute Gasteiger partial charge is 0.407 e. The monoisotopic (exact) mass is 629 g/mol. The van der Waals surface area contributed by atoms with Crippen LogP contribution in [0.5, 0.6) is 0 Å². The standard InChI is InChI=1S/C33H35N5O8/c1-19(30(42)37-27(16-28(34)39)31(43)35-17-29(40)41)36-32(44)26(15-20-9-3-2-4-10-20)38-33(45)46-18-25-23-13-7-5-11-21(23)22-12-6-8-14-24(22)25/h2-14,19,25-27H,15-18H2,1H3,(H2,34,39)(H,35,43)(H,36,44)(H,37,42)(H,38,45)(H,40,41)/t19-,26-,27-/m0/s1. The van der Waals surface area contributed by atoms with Crippen LogP contribution in [0.1, 0.15) is 36.0 Å². The predicted molar refractivity (Wildman–Crippen MR) is 166 cm³/mol. The Balaban J connectivity index is 1.41. The number of alkyl carbamates (subject to hydrolysis) is 1. The normalized spacial score (nSPS) is 13.6. The lowest BCUT2D eigenvalue weighted by atomic mass is 9.98. The molecule has 13 nitrogen and oxygen atoms in total. The molecule has 1 aliphatic carbocycles. The molecule has 0 fully saturated rings. The Morgan fingerprint density at radius 1 is 0.761 bits per heavy atom. The highest BCUT2D eigenvalue weighted by Gasteiger charge is 2.31. The summed E-state index contributed by atoms with van der Waals surface area (Å²) in [6, 6.07) is 20.8. The highest BCUT2D eigenvalue weighted by atomic mass is 16.5. The van der Waals surface area contributed by atoms with Crippen LogP contribution in [0.25, 0.3) is 11.1 Å². The average Bonchev–Trinajstić information content (AvgIpc) is 3.35. The highest BCUT2D eigenvalue weighted by molar-refractivity contribution is 5.96. The van der Waals surface area contributed by atoms with Crippen LogP contribution < -0.4 is 27.0 Å². The Kier molecular flexibility index (Phi) is 11.1. The van der Waals surface area contributed by atoms with Crippen LogP contribution in [0.3, 0.4) is 0 Å². The summed E-state index contributed by atoms with van der Waals surface area (Å²) in [6.07, 6.45) is -1.35. The van der Waals surface area contributed by atoms with Crippen LogP contribution in [0.15, 0.2) is 78.9 Å². The quantitative estimate of drug-likeness (QED) is 0.152. The van der Waals surface area contributed by atoms with Gasteiger partial charge in [0.1, 0.15) is 31.3 Å². The van der Waals surface area contributed by atoms with Crippen molar-refractivity contribution in [2.24, 2.45) is 5.73 Å². The first-order valence-electron chi connectivity index (χ1n) is 14.6. The minimum absolute atomic E-state index is 0.0313. The Hall–Kier alpha value is -5.72. The van der Waals surface area contributed by atoms with E-state index in [2.05, 4.69) is 21.3 Å². The summed E-state index contributed by atoms with van der Waals surface area (Å²) in [7, 11) is 0. The Morgan fingerprint density at radius 3 is 1.93 bits per heavy atom. The number of rotatable bonds is 14. The lowest BCUT2D eigenvalue weighted by Crippen LogP contribution is -2.57. The van der Waals surface area contributed by atoms with E-state index in [1.165, 1.54) is 6.92 Å². The second-order valence-corrected chi connectivity index (χ2v) is 10.8. The maximum absolute atomic E-state index is 13.4. The molecule has 3 atom stereocenters. The summed E-state index contributed by atoms with van der Waals surface area (Å²) in [5.74, 6) is -4.92. The Labute approximate surface area is 264 Å². The maximum atomic E-state index is 13.4. The van der Waals surface area contributed by atoms with Gasteiger partial charge in [0.25, 0.3) is 0 Å². The minimum atomic E-state index is -1.47. The number of nitrogens with one attached hydrogen (secondary N) is 4. The first-order valence-corrected chi connectivity index (χ1v) is 14.6. The first-order chi connectivity index (χ1) is 22.0. The number of hydrogen-bond donors (Lipinski definition) is 6. The fourth-order valence-corrected chi connectivity index (χ4v) is 5.21. The third kappa shape index (κ3) is 8.68. The highest BCUT2D eigenvalue weighted by Crippen LogP contribution is 2.44. The second-order valence-electron chi connectivity index (χ2n) is 10.8. The number of nitrogens with two attached hydrogens (primary N) is 1. The van der Waals surface area contributed by atoms with Gasteiger partial charge in [-0.15, -0.1) is 0 Å². The van der Waals surface area contributed by atoms with Crippen LogP contribution in [-0.2, 0) is 35.1 Å². The van der Waals surface area contributed by atoms with Gasteiger partial charge in [-0.05, 0) is 34.7 Å². The molecule has 0 radical (unpaired) electrons. The van der Waals surface area contributed by atoms with Crippen molar-refractivity contribution in [2.75, 3.05) is 13.2 Å². The molecule has 4 rings (SSSR count). The molecular weight excluding hydrogens is 594 g/mol. The number of carboxylic acid groups (broad SMARTS) is 1. The molecule has 46 heavy (non-hydrogen) atoms. The van der Waals surface area contributed by atoms with Crippen LogP contribution in [0, 0.1) is 0 Å². The largest absolute Gasteiger partial charge is 0.480 e. The summed E-state index contributed by atoms with van der Waals surface area (Å²) in [6.45, 7) is 0.638. The van der Waals surface area contributed by atoms with Crippen LogP contribution in [0.2, 0.25) is 0 Å². The van der Waals surface area contributed by atoms with Gasteiger partial charge in [-0.2, -0.15) is 0 Å². The average molecular weight is 630 g/mol. The molecule has 0 heterocycles. The van der Waals surface area contributed by atoms with Gasteiger partial charge in [-0.3, -0.25) is 24.0 Å². The molecule has 1 aliphatic rings. The molecule has 3 aromatic rings. The Bertz CT molecular complexity index is 1570. The van der Waals surface area contributed by atoms with Crippen LogP contribution in [-0.4, -0.2) is 72.1 Å². The zero-order valence-corrected chi connectivity index (χ0v) is 25.0. The summed E-state index contributed by atoms with van der Waals surface area (Å²) in [5.41, 5.74) is 10.1. The number of primary amides is 1. The van der Waals surface area contributed by atoms with E-state index in [9.17, 15) is 28.8 Å². The van der Waals surface area contributed by atoms with E-state index in [4.69, 9.17) is 15.6 Å². The third-order valence-electron chi connectivity index (χ3n) is 7.44. The van der Waals surface area contributed by atoms with Crippen LogP contribution in [0.4, 0.5) is 4.79 Å². The van der Waals surface area contributed by atoms with E-state index in [1.807, 2.05) is 48.5 Å². The van der Waals surface area contributed by atoms with Crippen molar-refractivity contribution in [3.05, 3.63) is 95.6 Å². The van der Waals surface area contributed by atoms with E-state index in [0.29, 0.717) is 0 Å². The zero-order valence-electron chi connectivity index (χ0n) is 25.0. The van der Waals surface area contributed by atoms with E-state index in [-0.39, 0.29) is 18.9 Å². The molecule has 0 bridgehead atoms. The SMILES string of the molecule is C[C@H](NC(=O)[C@H](Cc1ccccc1)NC(=O)OCC1c2ccccc2-c2ccccc21)C(=O)N[C@@H](CC(N)=O)C(=O)NCC(=O)O. The fraction of sp³-hybridized carbons (Fsp3) is 0.273. The number of carboxylic acids is 1. The molecule has 13 heteroatoms. The van der Waals surface area contributed by atoms with E-state index >= 15 is 0 Å². The zero-order chi connectivity index (χ0) is 33.2. The predicted octanol–water partition coefficient (Wildman–Crippen LogP) is 1.20. The number of carbonyl (C=O) groups is 6. The second kappa shape index (κ2) is 15.3. The molecule has 0 saturated carbocycles. The molecule has 0 saturated heterocycles. The number of carbonyl (C=O) groups excluding carboxylic acids is 5. The van der Waals surface area contributed by atoms with Gasteiger partial charge >= 0.3 is 12.1 Å². The van der Waals surface area contributed by atoms with Gasteiger partial charge in [0.05, 0.1) is 6.42 Å². The van der Waals surface area contributed by atoms with Gasteiger partial charge in [-0.25, -0.2) is 4.79 Å². The summed E-state index contributed by atoms with van der Waals surface area (Å²) in [5, 5.41) is 18.3. The number of aliphatic carboxylic acids is 1. The molecule has 7 N–H and O–H groups in total. The summed E-state index contributed by atoms with van der Waals surface area (Å²) >= 11 is 0. The van der Waals surface area contributed by atoms with Crippen molar-refractivity contribution in [1.29, 1.82) is 0 Å². The van der Waals surface area contributed by atoms with Crippen molar-refractivity contribution < 1.29 is 38.6 Å². The third-order valence-corrected chi connectivity index (χ3v) is 7.44. The van der Waals surface area contributed by atoms with Crippen molar-refractivity contribution in [1.82, 2.24) is 21.3 Å². The topological polar surface area (TPSA) is 206 Å². The summed E-state index contributed by atoms with van der Waals surface area (Å²) < 4.78 is 5.63. The van der Waals surface area contributed by atoms with E-state index < -0.39 is 66.8 Å². The fourth-order valence-electron chi connectivity index (χ4n) is 5.21. The van der Waals surface area contributed by atoms with E-state index in [0.717, 1.165) is 27.8 Å². The summed E-state index contributed by atoms with van der Waals surface area (Å²) in [4.78, 5) is 73.9. The van der Waals surface area contributed by atoms with Crippen molar-refractivity contribution in [2.45, 2.75) is 43.8 Å². The van der Waals surface area contributed by atoms with Gasteiger partial charge in [0, 0.05) is 12.3 Å². The Morgan fingerprint density at radius 2 is 1.35 bits per heavy atom. The molecule has 0 aliphatic heterocycles. The molecule has 240 valence electrons. The minimum Gasteiger partial charge on any atom is -0.480 e. The van der Waals surface area contributed by atoms with E-state index in [1.54, 1.807) is 30.3 Å². The van der Waals surface area contributed by atoms with Gasteiger partial charge in [-0.1, -0.05) is 78.9 Å². The van der Waals surface area contributed by atoms with Crippen molar-refractivity contribution >= 4 is 35.7 Å². The molecule has 5 amide bonds. The molecular formula is C33H35N5O8. The number of fused-ring (bicyclic) bond motifs is 3. The molecule has 0 unspecified atom stereocenters. The molecule has 0 spiro atoms. The van der Waals surface area contributed by atoms with Gasteiger partial charge < -0.3 is 36.8 Å². The number of amides is 5. The number of hydrogen-bond acceptors (Lipinski definition) is 7. The van der Waals surface area contributed by atoms with Crippen molar-refractivity contribution in [3.63, 3.8) is 0 Å². The molecule has 0 aromatic heterocycles. The lowest BCUT2D eigenvalue weighted by molar-refractivity contribution is -0.138. The molecule has 3 aromatic carbocycles. The van der Waals surface area contributed by atoms with Crippen molar-refractivity contribution in [3.8, 4) is 11.1 Å². The van der Waals surface area contributed by atoms with Gasteiger partial charge in [0.2, 0.25) is 23.6 Å². The maximum Gasteiger partial charge on any atom is 0.407 e. The van der Waals surface area contributed by atoms with Gasteiger partial charge in [0.15, 0.2) is 0 Å². The number of ether oxygens (including phenoxy) is 1. The number of benzene rings is 3. The lowest BCUT2D eigenvalue weighted by Gasteiger charge is -2.23. The van der Waals surface area contributed by atoms with Crippen LogP contribution >= 0.6 is 0 Å².